The number of sulfonamides is 1. The van der Waals surface area contributed by atoms with Crippen molar-refractivity contribution in [1.82, 2.24) is 4.31 Å². The number of likely N-dealkylation sites (N-methyl/N-ethyl adjacent to an activating group) is 1. The molecule has 1 aromatic rings. The molecule has 0 radical (unpaired) electrons. The van der Waals surface area contributed by atoms with Crippen LogP contribution in [0.15, 0.2) is 23.1 Å². The lowest BCUT2D eigenvalue weighted by atomic mass is 10.2. The van der Waals surface area contributed by atoms with Crippen LogP contribution in [0.25, 0.3) is 0 Å². The summed E-state index contributed by atoms with van der Waals surface area (Å²) in [6, 6.07) is 3.94. The topological polar surface area (TPSA) is 74.7 Å². The summed E-state index contributed by atoms with van der Waals surface area (Å²) >= 11 is 0. The molecule has 0 aliphatic rings. The van der Waals surface area contributed by atoms with Gasteiger partial charge in [0.1, 0.15) is 6.04 Å². The largest absolute Gasteiger partial charge is 0.480 e. The molecule has 1 aromatic carbocycles. The summed E-state index contributed by atoms with van der Waals surface area (Å²) in [6.07, 6.45) is 0.218. The van der Waals surface area contributed by atoms with Crippen LogP contribution in [-0.4, -0.2) is 36.9 Å². The fourth-order valence-electron chi connectivity index (χ4n) is 2.00. The van der Waals surface area contributed by atoms with Gasteiger partial charge in [-0.15, -0.1) is 0 Å². The predicted octanol–water partition coefficient (Wildman–Crippen LogP) is 1.79. The zero-order valence-corrected chi connectivity index (χ0v) is 12.4. The number of rotatable bonds is 5. The summed E-state index contributed by atoms with van der Waals surface area (Å²) in [4.78, 5) is 11.2. The van der Waals surface area contributed by atoms with E-state index >= 15 is 0 Å². The minimum absolute atomic E-state index is 0.153. The van der Waals surface area contributed by atoms with Gasteiger partial charge in [0, 0.05) is 7.05 Å². The zero-order chi connectivity index (χ0) is 14.8. The van der Waals surface area contributed by atoms with Gasteiger partial charge in [-0.25, -0.2) is 8.42 Å². The molecule has 0 saturated carbocycles. The number of aryl methyl sites for hydroxylation is 2. The summed E-state index contributed by atoms with van der Waals surface area (Å²) in [6.45, 7) is 5.22. The lowest BCUT2D eigenvalue weighted by molar-refractivity contribution is -0.141. The van der Waals surface area contributed by atoms with E-state index in [0.717, 1.165) is 9.87 Å². The van der Waals surface area contributed by atoms with Gasteiger partial charge in [0.05, 0.1) is 4.90 Å². The molecule has 0 fully saturated rings. The normalized spacial score (nSPS) is 13.5. The van der Waals surface area contributed by atoms with Gasteiger partial charge in [-0.1, -0.05) is 24.6 Å². The van der Waals surface area contributed by atoms with Crippen LogP contribution in [0.3, 0.4) is 0 Å². The van der Waals surface area contributed by atoms with Crippen molar-refractivity contribution in [3.63, 3.8) is 0 Å². The summed E-state index contributed by atoms with van der Waals surface area (Å²) in [5, 5.41) is 9.06. The van der Waals surface area contributed by atoms with E-state index in [0.29, 0.717) is 5.56 Å². The summed E-state index contributed by atoms with van der Waals surface area (Å²) in [5.41, 5.74) is 1.58. The van der Waals surface area contributed by atoms with Crippen molar-refractivity contribution >= 4 is 16.0 Å². The van der Waals surface area contributed by atoms with Gasteiger partial charge in [-0.05, 0) is 31.9 Å². The average molecular weight is 285 g/mol. The molecular formula is C13H19NO4S. The Morgan fingerprint density at radius 1 is 1.37 bits per heavy atom. The van der Waals surface area contributed by atoms with Crippen molar-refractivity contribution in [3.05, 3.63) is 29.3 Å². The van der Waals surface area contributed by atoms with Gasteiger partial charge >= 0.3 is 5.97 Å². The molecule has 0 heterocycles. The van der Waals surface area contributed by atoms with Gasteiger partial charge in [-0.3, -0.25) is 4.79 Å². The molecule has 0 amide bonds. The first kappa shape index (κ1) is 15.7. The van der Waals surface area contributed by atoms with Crippen molar-refractivity contribution in [2.45, 2.75) is 38.1 Å². The summed E-state index contributed by atoms with van der Waals surface area (Å²) in [7, 11) is -2.49. The molecule has 0 aliphatic heterocycles. The second-order valence-electron chi connectivity index (χ2n) is 4.55. The van der Waals surface area contributed by atoms with E-state index in [9.17, 15) is 13.2 Å². The minimum atomic E-state index is -3.79. The van der Waals surface area contributed by atoms with Gasteiger partial charge in [-0.2, -0.15) is 4.31 Å². The number of carboxylic acids is 1. The Morgan fingerprint density at radius 2 is 1.95 bits per heavy atom. The van der Waals surface area contributed by atoms with E-state index in [-0.39, 0.29) is 11.3 Å². The third-order valence-corrected chi connectivity index (χ3v) is 5.12. The van der Waals surface area contributed by atoms with E-state index in [2.05, 4.69) is 0 Å². The van der Waals surface area contributed by atoms with Crippen molar-refractivity contribution in [3.8, 4) is 0 Å². The van der Waals surface area contributed by atoms with Crippen LogP contribution in [0.5, 0.6) is 0 Å². The molecular weight excluding hydrogens is 266 g/mol. The third-order valence-electron chi connectivity index (χ3n) is 3.10. The van der Waals surface area contributed by atoms with Gasteiger partial charge < -0.3 is 5.11 Å². The second-order valence-corrected chi connectivity index (χ2v) is 6.52. The Bertz CT molecular complexity index is 580. The maximum atomic E-state index is 12.4. The molecule has 0 saturated heterocycles. The highest BCUT2D eigenvalue weighted by Gasteiger charge is 2.32. The van der Waals surface area contributed by atoms with Crippen molar-refractivity contribution in [2.75, 3.05) is 7.05 Å². The first-order chi connectivity index (χ1) is 8.71. The Kier molecular flexibility index (Phi) is 4.70. The Morgan fingerprint density at radius 3 is 2.37 bits per heavy atom. The molecule has 106 valence electrons. The zero-order valence-electron chi connectivity index (χ0n) is 11.5. The van der Waals surface area contributed by atoms with E-state index in [1.54, 1.807) is 26.0 Å². The second kappa shape index (κ2) is 5.71. The smallest absolute Gasteiger partial charge is 0.321 e. The minimum Gasteiger partial charge on any atom is -0.480 e. The first-order valence-electron chi connectivity index (χ1n) is 6.00. The molecule has 5 nitrogen and oxygen atoms in total. The molecule has 1 atom stereocenters. The summed E-state index contributed by atoms with van der Waals surface area (Å²) in [5.74, 6) is -1.14. The van der Waals surface area contributed by atoms with Crippen LogP contribution in [0.1, 0.15) is 24.5 Å². The molecule has 1 unspecified atom stereocenters. The molecule has 1 rings (SSSR count). The third kappa shape index (κ3) is 3.13. The van der Waals surface area contributed by atoms with E-state index in [1.807, 2.05) is 6.92 Å². The quantitative estimate of drug-likeness (QED) is 0.895. The van der Waals surface area contributed by atoms with Crippen LogP contribution < -0.4 is 0 Å². The van der Waals surface area contributed by atoms with Gasteiger partial charge in [0.25, 0.3) is 0 Å². The number of carboxylic acid groups (broad SMARTS) is 1. The van der Waals surface area contributed by atoms with Crippen LogP contribution >= 0.6 is 0 Å². The van der Waals surface area contributed by atoms with E-state index < -0.39 is 22.0 Å². The Hall–Kier alpha value is -1.40. The van der Waals surface area contributed by atoms with Gasteiger partial charge in [0.2, 0.25) is 10.0 Å². The summed E-state index contributed by atoms with van der Waals surface area (Å²) < 4.78 is 25.8. The molecule has 0 bridgehead atoms. The molecule has 0 aromatic heterocycles. The molecule has 1 N–H and O–H groups in total. The van der Waals surface area contributed by atoms with Crippen molar-refractivity contribution in [1.29, 1.82) is 0 Å². The van der Waals surface area contributed by atoms with Gasteiger partial charge in [0.15, 0.2) is 0 Å². The number of nitrogens with zero attached hydrogens (tertiary/aromatic N) is 1. The number of hydrogen-bond donors (Lipinski definition) is 1. The fourth-order valence-corrected chi connectivity index (χ4v) is 3.59. The number of carbonyl (C=O) groups is 1. The molecule has 0 aliphatic carbocycles. The predicted molar refractivity (Wildman–Crippen MR) is 72.6 cm³/mol. The van der Waals surface area contributed by atoms with Crippen LogP contribution in [-0.2, 0) is 14.8 Å². The highest BCUT2D eigenvalue weighted by Crippen LogP contribution is 2.22. The highest BCUT2D eigenvalue weighted by molar-refractivity contribution is 7.89. The maximum Gasteiger partial charge on any atom is 0.321 e. The monoisotopic (exact) mass is 285 g/mol. The lowest BCUT2D eigenvalue weighted by Crippen LogP contribution is -2.42. The molecule has 19 heavy (non-hydrogen) atoms. The lowest BCUT2D eigenvalue weighted by Gasteiger charge is -2.24. The van der Waals surface area contributed by atoms with E-state index in [1.165, 1.54) is 13.1 Å². The number of benzene rings is 1. The molecule has 0 spiro atoms. The Labute approximate surface area is 113 Å². The number of hydrogen-bond acceptors (Lipinski definition) is 3. The van der Waals surface area contributed by atoms with Crippen LogP contribution in [0.4, 0.5) is 0 Å². The van der Waals surface area contributed by atoms with Crippen molar-refractivity contribution in [2.24, 2.45) is 0 Å². The standard InChI is InChI=1S/C13H19NO4S/c1-5-11(13(15)16)14(4)19(17,18)12-7-6-9(2)8-10(12)3/h6-8,11H,5H2,1-4H3,(H,15,16). The van der Waals surface area contributed by atoms with Crippen molar-refractivity contribution < 1.29 is 18.3 Å². The highest BCUT2D eigenvalue weighted by atomic mass is 32.2. The maximum absolute atomic E-state index is 12.4. The Balaban J connectivity index is 3.27. The van der Waals surface area contributed by atoms with E-state index in [4.69, 9.17) is 5.11 Å². The average Bonchev–Trinajstić information content (AvgIpc) is 2.28. The first-order valence-corrected chi connectivity index (χ1v) is 7.44. The fraction of sp³-hybridized carbons (Fsp3) is 0.462. The number of aliphatic carboxylic acids is 1. The van der Waals surface area contributed by atoms with Crippen LogP contribution in [0, 0.1) is 13.8 Å². The molecule has 6 heteroatoms. The SMILES string of the molecule is CCC(C(=O)O)N(C)S(=O)(=O)c1ccc(C)cc1C. The van der Waals surface area contributed by atoms with Crippen LogP contribution in [0.2, 0.25) is 0 Å².